The molecule has 1 aromatic carbocycles. The number of hydrogen-bond acceptors (Lipinski definition) is 8. The van der Waals surface area contributed by atoms with Gasteiger partial charge in [-0.3, -0.25) is 25.0 Å². The number of ether oxygens (including phenoxy) is 1. The minimum absolute atomic E-state index is 0.0370. The quantitative estimate of drug-likeness (QED) is 0.470. The van der Waals surface area contributed by atoms with Crippen molar-refractivity contribution >= 4 is 45.6 Å². The van der Waals surface area contributed by atoms with Gasteiger partial charge in [-0.1, -0.05) is 22.9 Å². The zero-order valence-electron chi connectivity index (χ0n) is 12.3. The van der Waals surface area contributed by atoms with E-state index in [0.29, 0.717) is 5.01 Å². The molecule has 2 rings (SSSR count). The van der Waals surface area contributed by atoms with Crippen molar-refractivity contribution in [2.45, 2.75) is 13.3 Å². The van der Waals surface area contributed by atoms with Crippen LogP contribution >= 0.6 is 22.9 Å². The molecule has 0 unspecified atom stereocenters. The van der Waals surface area contributed by atoms with Gasteiger partial charge in [-0.25, -0.2) is 0 Å². The summed E-state index contributed by atoms with van der Waals surface area (Å²) in [5.74, 6) is -0.987. The van der Waals surface area contributed by atoms with Crippen molar-refractivity contribution in [3.05, 3.63) is 43.9 Å². The molecule has 1 amide bonds. The van der Waals surface area contributed by atoms with Gasteiger partial charge in [0.2, 0.25) is 5.13 Å². The fourth-order valence-corrected chi connectivity index (χ4v) is 2.65. The molecule has 0 atom stereocenters. The van der Waals surface area contributed by atoms with Crippen LogP contribution in [-0.4, -0.2) is 33.6 Å². The number of nitrogens with zero attached hydrogens (tertiary/aromatic N) is 3. The van der Waals surface area contributed by atoms with E-state index in [4.69, 9.17) is 16.3 Å². The molecule has 0 fully saturated rings. The topological polar surface area (TPSA) is 124 Å². The molecule has 11 heteroatoms. The summed E-state index contributed by atoms with van der Waals surface area (Å²) in [7, 11) is 0. The van der Waals surface area contributed by atoms with Gasteiger partial charge in [-0.15, -0.1) is 10.2 Å². The molecule has 0 spiro atoms. The molecule has 1 aromatic heterocycles. The maximum atomic E-state index is 12.1. The number of anilines is 1. The molecule has 24 heavy (non-hydrogen) atoms. The molecule has 0 saturated carbocycles. The van der Waals surface area contributed by atoms with E-state index in [1.165, 1.54) is 12.1 Å². The largest absolute Gasteiger partial charge is 0.466 e. The molecule has 126 valence electrons. The molecule has 0 aliphatic rings. The summed E-state index contributed by atoms with van der Waals surface area (Å²) >= 11 is 6.79. The molecule has 2 aromatic rings. The number of halogens is 1. The minimum Gasteiger partial charge on any atom is -0.466 e. The zero-order chi connectivity index (χ0) is 17.7. The number of nitrogens with one attached hydrogen (secondary N) is 1. The van der Waals surface area contributed by atoms with Gasteiger partial charge in [0, 0.05) is 11.6 Å². The van der Waals surface area contributed by atoms with Gasteiger partial charge < -0.3 is 4.74 Å². The Morgan fingerprint density at radius 3 is 2.79 bits per heavy atom. The highest BCUT2D eigenvalue weighted by Crippen LogP contribution is 2.25. The van der Waals surface area contributed by atoms with Crippen molar-refractivity contribution in [1.82, 2.24) is 10.2 Å². The van der Waals surface area contributed by atoms with E-state index in [1.807, 2.05) is 0 Å². The molecular formula is C13H11ClN4O5S. The molecule has 0 radical (unpaired) electrons. The van der Waals surface area contributed by atoms with Crippen molar-refractivity contribution in [1.29, 1.82) is 0 Å². The first-order valence-electron chi connectivity index (χ1n) is 6.64. The first-order valence-corrected chi connectivity index (χ1v) is 7.83. The number of aromatic nitrogens is 2. The van der Waals surface area contributed by atoms with Crippen molar-refractivity contribution in [2.75, 3.05) is 11.9 Å². The average molecular weight is 371 g/mol. The molecule has 0 bridgehead atoms. The van der Waals surface area contributed by atoms with E-state index in [-0.39, 0.29) is 34.4 Å². The van der Waals surface area contributed by atoms with Gasteiger partial charge >= 0.3 is 5.97 Å². The molecule has 0 aliphatic carbocycles. The Morgan fingerprint density at radius 1 is 1.42 bits per heavy atom. The van der Waals surface area contributed by atoms with Crippen LogP contribution in [0.1, 0.15) is 22.3 Å². The number of amides is 1. The molecule has 0 aliphatic heterocycles. The Bertz CT molecular complexity index is 794. The fourth-order valence-electron chi connectivity index (χ4n) is 1.68. The van der Waals surface area contributed by atoms with Crippen LogP contribution in [0.3, 0.4) is 0 Å². The maximum absolute atomic E-state index is 12.1. The normalized spacial score (nSPS) is 10.2. The summed E-state index contributed by atoms with van der Waals surface area (Å²) in [5.41, 5.74) is -0.159. The number of nitro groups is 1. The summed E-state index contributed by atoms with van der Waals surface area (Å²) in [6, 6.07) is 3.61. The number of rotatable bonds is 6. The SMILES string of the molecule is CCOC(=O)Cc1nnc(NC(=O)c2ccc([N+](=O)[O-])c(Cl)c2)s1. The van der Waals surface area contributed by atoms with Gasteiger partial charge in [0.25, 0.3) is 11.6 Å². The predicted octanol–water partition coefficient (Wildman–Crippen LogP) is 2.46. The summed E-state index contributed by atoms with van der Waals surface area (Å²) < 4.78 is 4.79. The number of benzene rings is 1. The van der Waals surface area contributed by atoms with Crippen molar-refractivity contribution in [2.24, 2.45) is 0 Å². The summed E-state index contributed by atoms with van der Waals surface area (Å²) in [5, 5.41) is 21.1. The first-order chi connectivity index (χ1) is 11.4. The Hall–Kier alpha value is -2.59. The predicted molar refractivity (Wildman–Crippen MR) is 86.3 cm³/mol. The number of carbonyl (C=O) groups is 2. The molecule has 0 saturated heterocycles. The van der Waals surface area contributed by atoms with Gasteiger partial charge in [-0.05, 0) is 19.1 Å². The lowest BCUT2D eigenvalue weighted by Crippen LogP contribution is -2.11. The monoisotopic (exact) mass is 370 g/mol. The lowest BCUT2D eigenvalue weighted by Gasteiger charge is -2.02. The van der Waals surface area contributed by atoms with Gasteiger partial charge in [-0.2, -0.15) is 0 Å². The smallest absolute Gasteiger partial charge is 0.312 e. The van der Waals surface area contributed by atoms with Crippen LogP contribution in [0.25, 0.3) is 0 Å². The van der Waals surface area contributed by atoms with Crippen molar-refractivity contribution < 1.29 is 19.2 Å². The Balaban J connectivity index is 2.05. The first kappa shape index (κ1) is 17.8. The summed E-state index contributed by atoms with van der Waals surface area (Å²) in [6.07, 6.45) is -0.0370. The average Bonchev–Trinajstić information content (AvgIpc) is 2.93. The van der Waals surface area contributed by atoms with E-state index in [2.05, 4.69) is 15.5 Å². The van der Waals surface area contributed by atoms with E-state index < -0.39 is 16.8 Å². The van der Waals surface area contributed by atoms with Crippen LogP contribution in [0.4, 0.5) is 10.8 Å². The number of hydrogen-bond donors (Lipinski definition) is 1. The highest BCUT2D eigenvalue weighted by molar-refractivity contribution is 7.15. The van der Waals surface area contributed by atoms with Crippen molar-refractivity contribution in [3.63, 3.8) is 0 Å². The van der Waals surface area contributed by atoms with E-state index in [1.54, 1.807) is 6.92 Å². The molecule has 1 N–H and O–H groups in total. The summed E-state index contributed by atoms with van der Waals surface area (Å²) in [4.78, 5) is 33.5. The third-order valence-electron chi connectivity index (χ3n) is 2.69. The van der Waals surface area contributed by atoms with Crippen LogP contribution in [0.2, 0.25) is 5.02 Å². The number of nitro benzene ring substituents is 1. The summed E-state index contributed by atoms with van der Waals surface area (Å²) in [6.45, 7) is 1.96. The minimum atomic E-state index is -0.642. The van der Waals surface area contributed by atoms with Gasteiger partial charge in [0.15, 0.2) is 0 Å². The Morgan fingerprint density at radius 2 is 2.17 bits per heavy atom. The molecular weight excluding hydrogens is 360 g/mol. The van der Waals surface area contributed by atoms with E-state index in [0.717, 1.165) is 17.4 Å². The second-order valence-corrected chi connectivity index (χ2v) is 5.83. The van der Waals surface area contributed by atoms with Crippen LogP contribution < -0.4 is 5.32 Å². The van der Waals surface area contributed by atoms with Gasteiger partial charge in [0.1, 0.15) is 10.0 Å². The molecule has 9 nitrogen and oxygen atoms in total. The van der Waals surface area contributed by atoms with E-state index in [9.17, 15) is 19.7 Å². The van der Waals surface area contributed by atoms with Gasteiger partial charge in [0.05, 0.1) is 18.0 Å². The second-order valence-electron chi connectivity index (χ2n) is 4.36. The van der Waals surface area contributed by atoms with E-state index >= 15 is 0 Å². The highest BCUT2D eigenvalue weighted by Gasteiger charge is 2.17. The second kappa shape index (κ2) is 7.79. The van der Waals surface area contributed by atoms with Crippen LogP contribution in [0.15, 0.2) is 18.2 Å². The standard InChI is InChI=1S/C13H11ClN4O5S/c1-2-23-11(19)6-10-16-17-13(24-10)15-12(20)7-3-4-9(18(21)22)8(14)5-7/h3-5H,2,6H2,1H3,(H,15,17,20). The fraction of sp³-hybridized carbons (Fsp3) is 0.231. The lowest BCUT2D eigenvalue weighted by atomic mass is 10.2. The number of carbonyl (C=O) groups excluding carboxylic acids is 2. The zero-order valence-corrected chi connectivity index (χ0v) is 13.9. The van der Waals surface area contributed by atoms with Crippen LogP contribution in [0.5, 0.6) is 0 Å². The third-order valence-corrected chi connectivity index (χ3v) is 3.84. The third kappa shape index (κ3) is 4.46. The van der Waals surface area contributed by atoms with Crippen molar-refractivity contribution in [3.8, 4) is 0 Å². The highest BCUT2D eigenvalue weighted by atomic mass is 35.5. The maximum Gasteiger partial charge on any atom is 0.312 e. The number of esters is 1. The molecule has 1 heterocycles. The van der Waals surface area contributed by atoms with Crippen LogP contribution in [-0.2, 0) is 16.0 Å². The Labute approximate surface area is 144 Å². The van der Waals surface area contributed by atoms with Crippen LogP contribution in [0, 0.1) is 10.1 Å². The Kier molecular flexibility index (Phi) is 5.77. The lowest BCUT2D eigenvalue weighted by molar-refractivity contribution is -0.384.